The van der Waals surface area contributed by atoms with E-state index in [1.807, 2.05) is 6.92 Å². The zero-order valence-electron chi connectivity index (χ0n) is 10.6. The van der Waals surface area contributed by atoms with Crippen LogP contribution < -0.4 is 10.5 Å². The number of nitrogens with two attached hydrogens (primary N) is 1. The van der Waals surface area contributed by atoms with Crippen molar-refractivity contribution in [2.45, 2.75) is 38.8 Å². The number of benzene rings is 1. The van der Waals surface area contributed by atoms with E-state index in [1.54, 1.807) is 0 Å². The Balaban J connectivity index is 2.24. The first-order valence-electron chi connectivity index (χ1n) is 6.39. The summed E-state index contributed by atoms with van der Waals surface area (Å²) in [5.74, 6) is 0.984. The van der Waals surface area contributed by atoms with Crippen molar-refractivity contribution < 1.29 is 9.47 Å². The molecule has 1 aliphatic heterocycles. The molecular formula is C14H21NO2. The van der Waals surface area contributed by atoms with Crippen molar-refractivity contribution in [1.29, 1.82) is 0 Å². The summed E-state index contributed by atoms with van der Waals surface area (Å²) in [6.45, 7) is 5.57. The summed E-state index contributed by atoms with van der Waals surface area (Å²) >= 11 is 0. The second-order valence-electron chi connectivity index (χ2n) is 4.36. The number of hydrogen-bond acceptors (Lipinski definition) is 3. The molecule has 0 saturated carbocycles. The number of para-hydroxylation sites is 1. The van der Waals surface area contributed by atoms with E-state index in [-0.39, 0.29) is 12.1 Å². The van der Waals surface area contributed by atoms with E-state index < -0.39 is 0 Å². The molecule has 0 radical (unpaired) electrons. The molecule has 94 valence electrons. The third kappa shape index (κ3) is 2.45. The Labute approximate surface area is 103 Å². The topological polar surface area (TPSA) is 44.5 Å². The molecule has 1 aliphatic rings. The van der Waals surface area contributed by atoms with Crippen LogP contribution in [0.5, 0.6) is 5.75 Å². The normalized spacial score (nSPS) is 17.4. The quantitative estimate of drug-likeness (QED) is 0.852. The Kier molecular flexibility index (Phi) is 4.02. The van der Waals surface area contributed by atoms with Gasteiger partial charge in [0.2, 0.25) is 0 Å². The molecule has 0 amide bonds. The lowest BCUT2D eigenvalue weighted by molar-refractivity contribution is 0.0408. The number of rotatable bonds is 5. The van der Waals surface area contributed by atoms with E-state index >= 15 is 0 Å². The lowest BCUT2D eigenvalue weighted by Crippen LogP contribution is -2.28. The molecule has 0 saturated heterocycles. The van der Waals surface area contributed by atoms with Gasteiger partial charge in [0.15, 0.2) is 0 Å². The molecule has 1 aromatic carbocycles. The van der Waals surface area contributed by atoms with E-state index in [1.165, 1.54) is 5.56 Å². The fourth-order valence-corrected chi connectivity index (χ4v) is 2.39. The molecule has 1 heterocycles. The van der Waals surface area contributed by atoms with Gasteiger partial charge in [-0.1, -0.05) is 25.1 Å². The van der Waals surface area contributed by atoms with E-state index in [0.717, 1.165) is 30.8 Å². The van der Waals surface area contributed by atoms with Crippen LogP contribution in [0, 0.1) is 0 Å². The third-order valence-electron chi connectivity index (χ3n) is 3.29. The molecule has 2 rings (SSSR count). The maximum Gasteiger partial charge on any atom is 0.127 e. The first kappa shape index (κ1) is 12.4. The van der Waals surface area contributed by atoms with E-state index in [4.69, 9.17) is 15.2 Å². The van der Waals surface area contributed by atoms with Crippen molar-refractivity contribution in [2.75, 3.05) is 13.2 Å². The van der Waals surface area contributed by atoms with Crippen LogP contribution in [0.4, 0.5) is 0 Å². The molecule has 0 spiro atoms. The highest BCUT2D eigenvalue weighted by molar-refractivity contribution is 5.45. The van der Waals surface area contributed by atoms with Crippen molar-refractivity contribution in [3.8, 4) is 5.75 Å². The molecule has 0 aromatic heterocycles. The second kappa shape index (κ2) is 5.52. The summed E-state index contributed by atoms with van der Waals surface area (Å²) in [6, 6.07) is 6.12. The Morgan fingerprint density at radius 1 is 1.41 bits per heavy atom. The van der Waals surface area contributed by atoms with Gasteiger partial charge in [0.25, 0.3) is 0 Å². The largest absolute Gasteiger partial charge is 0.493 e. The minimum Gasteiger partial charge on any atom is -0.493 e. The highest BCUT2D eigenvalue weighted by Gasteiger charge is 2.25. The molecule has 2 N–H and O–H groups in total. The highest BCUT2D eigenvalue weighted by atomic mass is 16.5. The molecule has 2 unspecified atom stereocenters. The van der Waals surface area contributed by atoms with Gasteiger partial charge in [-0.2, -0.15) is 0 Å². The average Bonchev–Trinajstić information content (AvgIpc) is 2.83. The number of hydrogen-bond donors (Lipinski definition) is 1. The molecule has 1 aromatic rings. The van der Waals surface area contributed by atoms with Gasteiger partial charge in [0.1, 0.15) is 5.75 Å². The van der Waals surface area contributed by atoms with Crippen LogP contribution in [0.15, 0.2) is 18.2 Å². The van der Waals surface area contributed by atoms with Crippen LogP contribution in [0.3, 0.4) is 0 Å². The summed E-state index contributed by atoms with van der Waals surface area (Å²) in [5.41, 5.74) is 8.66. The van der Waals surface area contributed by atoms with E-state index in [2.05, 4.69) is 25.1 Å². The van der Waals surface area contributed by atoms with Crippen LogP contribution in [-0.2, 0) is 11.2 Å². The summed E-state index contributed by atoms with van der Waals surface area (Å²) in [4.78, 5) is 0. The van der Waals surface area contributed by atoms with Gasteiger partial charge in [-0.3, -0.25) is 0 Å². The third-order valence-corrected chi connectivity index (χ3v) is 3.29. The summed E-state index contributed by atoms with van der Waals surface area (Å²) in [7, 11) is 0. The minimum atomic E-state index is -0.104. The van der Waals surface area contributed by atoms with Crippen LogP contribution in [0.2, 0.25) is 0 Å². The molecule has 17 heavy (non-hydrogen) atoms. The van der Waals surface area contributed by atoms with Gasteiger partial charge in [0.05, 0.1) is 18.8 Å². The smallest absolute Gasteiger partial charge is 0.127 e. The van der Waals surface area contributed by atoms with Crippen molar-refractivity contribution in [3.05, 3.63) is 29.3 Å². The van der Waals surface area contributed by atoms with Crippen LogP contribution >= 0.6 is 0 Å². The van der Waals surface area contributed by atoms with Crippen LogP contribution in [0.1, 0.15) is 37.4 Å². The SMILES string of the molecule is CCOC(CC)C(N)c1cccc2c1OCC2. The molecule has 3 nitrogen and oxygen atoms in total. The number of ether oxygens (including phenoxy) is 2. The fraction of sp³-hybridized carbons (Fsp3) is 0.571. The van der Waals surface area contributed by atoms with Crippen molar-refractivity contribution in [1.82, 2.24) is 0 Å². The summed E-state index contributed by atoms with van der Waals surface area (Å²) in [6.07, 6.45) is 1.97. The van der Waals surface area contributed by atoms with Crippen molar-refractivity contribution in [3.63, 3.8) is 0 Å². The molecular weight excluding hydrogens is 214 g/mol. The predicted molar refractivity (Wildman–Crippen MR) is 68.3 cm³/mol. The minimum absolute atomic E-state index is 0.0655. The Morgan fingerprint density at radius 2 is 2.24 bits per heavy atom. The summed E-state index contributed by atoms with van der Waals surface area (Å²) in [5, 5.41) is 0. The first-order valence-corrected chi connectivity index (χ1v) is 6.39. The number of fused-ring (bicyclic) bond motifs is 1. The summed E-state index contributed by atoms with van der Waals surface area (Å²) < 4.78 is 11.4. The average molecular weight is 235 g/mol. The van der Waals surface area contributed by atoms with E-state index in [0.29, 0.717) is 6.61 Å². The highest BCUT2D eigenvalue weighted by Crippen LogP contribution is 2.34. The zero-order chi connectivity index (χ0) is 12.3. The monoisotopic (exact) mass is 235 g/mol. The van der Waals surface area contributed by atoms with Gasteiger partial charge in [-0.15, -0.1) is 0 Å². The van der Waals surface area contributed by atoms with Crippen molar-refractivity contribution in [2.24, 2.45) is 5.73 Å². The fourth-order valence-electron chi connectivity index (χ4n) is 2.39. The Morgan fingerprint density at radius 3 is 2.94 bits per heavy atom. The molecule has 2 atom stereocenters. The lowest BCUT2D eigenvalue weighted by atomic mass is 9.97. The van der Waals surface area contributed by atoms with E-state index in [9.17, 15) is 0 Å². The molecule has 0 aliphatic carbocycles. The van der Waals surface area contributed by atoms with Gasteiger partial charge in [0, 0.05) is 18.6 Å². The predicted octanol–water partition coefficient (Wildman–Crippen LogP) is 2.44. The Hall–Kier alpha value is -1.06. The van der Waals surface area contributed by atoms with Crippen molar-refractivity contribution >= 4 is 0 Å². The second-order valence-corrected chi connectivity index (χ2v) is 4.36. The van der Waals surface area contributed by atoms with Gasteiger partial charge in [-0.05, 0) is 18.9 Å². The molecule has 3 heteroatoms. The van der Waals surface area contributed by atoms with Gasteiger partial charge >= 0.3 is 0 Å². The van der Waals surface area contributed by atoms with Crippen LogP contribution in [-0.4, -0.2) is 19.3 Å². The molecule has 0 fully saturated rings. The Bertz CT molecular complexity index is 378. The maximum atomic E-state index is 6.30. The van der Waals surface area contributed by atoms with Gasteiger partial charge < -0.3 is 15.2 Å². The molecule has 0 bridgehead atoms. The van der Waals surface area contributed by atoms with Crippen LogP contribution in [0.25, 0.3) is 0 Å². The zero-order valence-corrected chi connectivity index (χ0v) is 10.6. The van der Waals surface area contributed by atoms with Gasteiger partial charge in [-0.25, -0.2) is 0 Å². The first-order chi connectivity index (χ1) is 8.27. The standard InChI is InChI=1S/C14H21NO2/c1-3-12(16-4-2)13(15)11-7-5-6-10-8-9-17-14(10)11/h5-7,12-13H,3-4,8-9,15H2,1-2H3. The maximum absolute atomic E-state index is 6.30. The lowest BCUT2D eigenvalue weighted by Gasteiger charge is -2.24.